The quantitative estimate of drug-likeness (QED) is 0.870. The molecular formula is C16H17Cl2N3O2. The van der Waals surface area contributed by atoms with E-state index < -0.39 is 0 Å². The van der Waals surface area contributed by atoms with Crippen LogP contribution in [-0.2, 0) is 4.79 Å². The molecule has 1 aliphatic carbocycles. The molecule has 1 aliphatic rings. The number of amides is 1. The van der Waals surface area contributed by atoms with Crippen molar-refractivity contribution in [3.63, 3.8) is 0 Å². The summed E-state index contributed by atoms with van der Waals surface area (Å²) >= 11 is 11.8. The van der Waals surface area contributed by atoms with E-state index in [2.05, 4.69) is 10.4 Å². The highest BCUT2D eigenvalue weighted by Crippen LogP contribution is 2.31. The van der Waals surface area contributed by atoms with Gasteiger partial charge in [0, 0.05) is 16.1 Å². The molecule has 0 radical (unpaired) electrons. The molecule has 23 heavy (non-hydrogen) atoms. The van der Waals surface area contributed by atoms with E-state index in [1.165, 1.54) is 12.8 Å². The van der Waals surface area contributed by atoms with Crippen LogP contribution in [0.25, 0.3) is 0 Å². The van der Waals surface area contributed by atoms with Crippen LogP contribution in [0.2, 0.25) is 10.0 Å². The summed E-state index contributed by atoms with van der Waals surface area (Å²) in [7, 11) is 0. The monoisotopic (exact) mass is 353 g/mol. The Kier molecular flexibility index (Phi) is 5.08. The number of hydrogen-bond donors (Lipinski definition) is 1. The lowest BCUT2D eigenvalue weighted by atomic mass is 10.2. The van der Waals surface area contributed by atoms with Crippen molar-refractivity contribution < 1.29 is 9.53 Å². The van der Waals surface area contributed by atoms with Crippen molar-refractivity contribution in [2.75, 3.05) is 11.9 Å². The normalized spacial score (nSPS) is 14.9. The Balaban J connectivity index is 1.58. The van der Waals surface area contributed by atoms with E-state index in [0.29, 0.717) is 27.7 Å². The number of ether oxygens (including phenoxy) is 1. The zero-order valence-corrected chi connectivity index (χ0v) is 14.0. The van der Waals surface area contributed by atoms with Crippen molar-refractivity contribution in [3.05, 3.63) is 40.5 Å². The van der Waals surface area contributed by atoms with E-state index in [1.807, 2.05) is 4.68 Å². The van der Waals surface area contributed by atoms with Gasteiger partial charge in [0.25, 0.3) is 5.91 Å². The average Bonchev–Trinajstić information content (AvgIpc) is 3.14. The fourth-order valence-corrected chi connectivity index (χ4v) is 3.30. The van der Waals surface area contributed by atoms with Gasteiger partial charge in [-0.2, -0.15) is 5.10 Å². The maximum Gasteiger partial charge on any atom is 0.263 e. The second-order valence-electron chi connectivity index (χ2n) is 5.54. The van der Waals surface area contributed by atoms with E-state index in [4.69, 9.17) is 27.9 Å². The summed E-state index contributed by atoms with van der Waals surface area (Å²) in [6, 6.07) is 7.00. The fourth-order valence-electron chi connectivity index (χ4n) is 2.79. The predicted molar refractivity (Wildman–Crippen MR) is 90.3 cm³/mol. The number of halogens is 2. The second kappa shape index (κ2) is 7.23. The molecule has 1 saturated carbocycles. The van der Waals surface area contributed by atoms with Gasteiger partial charge in [-0.05, 0) is 31.0 Å². The molecule has 1 aromatic heterocycles. The van der Waals surface area contributed by atoms with Gasteiger partial charge in [-0.15, -0.1) is 0 Å². The molecule has 1 aromatic carbocycles. The Morgan fingerprint density at radius 3 is 2.65 bits per heavy atom. The molecule has 1 fully saturated rings. The molecule has 1 N–H and O–H groups in total. The molecule has 0 unspecified atom stereocenters. The lowest BCUT2D eigenvalue weighted by Gasteiger charge is -2.15. The molecule has 0 saturated heterocycles. The van der Waals surface area contributed by atoms with Gasteiger partial charge in [-0.3, -0.25) is 4.79 Å². The Bertz CT molecular complexity index is 676. The van der Waals surface area contributed by atoms with E-state index in [1.54, 1.807) is 30.5 Å². The minimum Gasteiger partial charge on any atom is -0.484 e. The topological polar surface area (TPSA) is 56.1 Å². The highest BCUT2D eigenvalue weighted by atomic mass is 35.5. The third kappa shape index (κ3) is 4.18. The summed E-state index contributed by atoms with van der Waals surface area (Å²) in [5, 5.41) is 8.09. The molecule has 0 spiro atoms. The number of anilines is 1. The van der Waals surface area contributed by atoms with Crippen molar-refractivity contribution in [1.82, 2.24) is 9.78 Å². The van der Waals surface area contributed by atoms with Gasteiger partial charge in [0.05, 0.1) is 12.2 Å². The van der Waals surface area contributed by atoms with Crippen LogP contribution >= 0.6 is 23.2 Å². The molecule has 122 valence electrons. The molecular weight excluding hydrogens is 337 g/mol. The van der Waals surface area contributed by atoms with Gasteiger partial charge >= 0.3 is 0 Å². The Labute approximate surface area is 144 Å². The summed E-state index contributed by atoms with van der Waals surface area (Å²) in [6.07, 6.45) is 6.31. The number of hydrogen-bond acceptors (Lipinski definition) is 3. The molecule has 1 amide bonds. The van der Waals surface area contributed by atoms with Crippen molar-refractivity contribution in [2.45, 2.75) is 31.7 Å². The molecule has 0 atom stereocenters. The lowest BCUT2D eigenvalue weighted by molar-refractivity contribution is -0.118. The number of benzene rings is 1. The molecule has 0 aliphatic heterocycles. The first-order chi connectivity index (χ1) is 11.1. The zero-order chi connectivity index (χ0) is 16.2. The van der Waals surface area contributed by atoms with Gasteiger partial charge in [-0.25, -0.2) is 4.68 Å². The maximum absolute atomic E-state index is 12.1. The van der Waals surface area contributed by atoms with E-state index in [9.17, 15) is 4.79 Å². The first kappa shape index (κ1) is 16.1. The van der Waals surface area contributed by atoms with Crippen LogP contribution in [-0.4, -0.2) is 22.3 Å². The van der Waals surface area contributed by atoms with Gasteiger partial charge in [0.1, 0.15) is 11.6 Å². The summed E-state index contributed by atoms with van der Waals surface area (Å²) in [6.45, 7) is -0.119. The Morgan fingerprint density at radius 2 is 1.96 bits per heavy atom. The number of nitrogens with one attached hydrogen (secondary N) is 1. The van der Waals surface area contributed by atoms with Crippen LogP contribution in [0.15, 0.2) is 30.5 Å². The first-order valence-corrected chi connectivity index (χ1v) is 8.29. The fraction of sp³-hybridized carbons (Fsp3) is 0.375. The average molecular weight is 354 g/mol. The highest BCUT2D eigenvalue weighted by molar-refractivity contribution is 6.34. The standard InChI is InChI=1S/C16H17Cl2N3O2/c17-11-7-12(18)9-14(8-11)23-10-16(22)20-15-5-6-19-21(15)13-3-1-2-4-13/h5-9,13H,1-4,10H2,(H,20,22). The molecule has 1 heterocycles. The Hall–Kier alpha value is -1.72. The van der Waals surface area contributed by atoms with Crippen LogP contribution in [0.5, 0.6) is 5.75 Å². The molecule has 2 aromatic rings. The zero-order valence-electron chi connectivity index (χ0n) is 12.5. The molecule has 3 rings (SSSR count). The van der Waals surface area contributed by atoms with Crippen molar-refractivity contribution in [2.24, 2.45) is 0 Å². The van der Waals surface area contributed by atoms with Crippen LogP contribution in [0.4, 0.5) is 5.82 Å². The highest BCUT2D eigenvalue weighted by Gasteiger charge is 2.20. The Morgan fingerprint density at radius 1 is 1.26 bits per heavy atom. The van der Waals surface area contributed by atoms with Gasteiger partial charge in [-0.1, -0.05) is 36.0 Å². The van der Waals surface area contributed by atoms with E-state index in [-0.39, 0.29) is 12.5 Å². The third-order valence-electron chi connectivity index (χ3n) is 3.81. The number of rotatable bonds is 5. The van der Waals surface area contributed by atoms with Crippen molar-refractivity contribution in [3.8, 4) is 5.75 Å². The molecule has 0 bridgehead atoms. The van der Waals surface area contributed by atoms with E-state index in [0.717, 1.165) is 12.8 Å². The van der Waals surface area contributed by atoms with Crippen LogP contribution in [0, 0.1) is 0 Å². The predicted octanol–water partition coefficient (Wildman–Crippen LogP) is 4.32. The molecule has 7 heteroatoms. The summed E-state index contributed by atoms with van der Waals surface area (Å²) in [4.78, 5) is 12.1. The largest absolute Gasteiger partial charge is 0.484 e. The number of carbonyl (C=O) groups is 1. The van der Waals surface area contributed by atoms with Crippen molar-refractivity contribution in [1.29, 1.82) is 0 Å². The van der Waals surface area contributed by atoms with Gasteiger partial charge in [0.15, 0.2) is 6.61 Å². The van der Waals surface area contributed by atoms with Gasteiger partial charge in [0.2, 0.25) is 0 Å². The lowest BCUT2D eigenvalue weighted by Crippen LogP contribution is -2.23. The van der Waals surface area contributed by atoms with E-state index >= 15 is 0 Å². The minimum atomic E-state index is -0.249. The smallest absolute Gasteiger partial charge is 0.263 e. The van der Waals surface area contributed by atoms with Gasteiger partial charge < -0.3 is 10.1 Å². The second-order valence-corrected chi connectivity index (χ2v) is 6.41. The third-order valence-corrected chi connectivity index (χ3v) is 4.25. The summed E-state index contributed by atoms with van der Waals surface area (Å²) in [5.74, 6) is 0.914. The minimum absolute atomic E-state index is 0.119. The maximum atomic E-state index is 12.1. The van der Waals surface area contributed by atoms with Crippen LogP contribution in [0.1, 0.15) is 31.7 Å². The first-order valence-electron chi connectivity index (χ1n) is 7.54. The van der Waals surface area contributed by atoms with Crippen LogP contribution < -0.4 is 10.1 Å². The van der Waals surface area contributed by atoms with Crippen LogP contribution in [0.3, 0.4) is 0 Å². The summed E-state index contributed by atoms with van der Waals surface area (Å²) < 4.78 is 7.32. The molecule has 5 nitrogen and oxygen atoms in total. The number of nitrogens with zero attached hydrogens (tertiary/aromatic N) is 2. The SMILES string of the molecule is O=C(COc1cc(Cl)cc(Cl)c1)Nc1ccnn1C1CCCC1. The number of carbonyl (C=O) groups excluding carboxylic acids is 1. The summed E-state index contributed by atoms with van der Waals surface area (Å²) in [5.41, 5.74) is 0. The van der Waals surface area contributed by atoms with Crippen molar-refractivity contribution >= 4 is 34.9 Å². The number of aromatic nitrogens is 2.